The van der Waals surface area contributed by atoms with Crippen molar-refractivity contribution in [2.75, 3.05) is 10.6 Å². The van der Waals surface area contributed by atoms with Gasteiger partial charge in [0.25, 0.3) is 0 Å². The Bertz CT molecular complexity index is 1050. The zero-order chi connectivity index (χ0) is 19.4. The minimum absolute atomic E-state index is 0.124. The average Bonchev–Trinajstić information content (AvgIpc) is 3.09. The number of nitrogens with one attached hydrogen (secondary N) is 2. The molecule has 0 saturated carbocycles. The maximum Gasteiger partial charge on any atom is 0.222 e. The van der Waals surface area contributed by atoms with Crippen LogP contribution in [-0.2, 0) is 4.79 Å². The summed E-state index contributed by atoms with van der Waals surface area (Å²) in [4.78, 5) is 28.1. The van der Waals surface area contributed by atoms with Gasteiger partial charge in [0.2, 0.25) is 5.91 Å². The molecule has 1 heterocycles. The van der Waals surface area contributed by atoms with E-state index in [2.05, 4.69) is 15.6 Å². The highest BCUT2D eigenvalue weighted by Crippen LogP contribution is 2.27. The third kappa shape index (κ3) is 4.37. The van der Waals surface area contributed by atoms with E-state index in [0.29, 0.717) is 27.6 Å². The fraction of sp³-hybridized carbons (Fsp3) is 0.100. The molecule has 0 radical (unpaired) electrons. The molecular weight excluding hydrogens is 360 g/mol. The molecule has 2 N–H and O–H groups in total. The van der Waals surface area contributed by atoms with E-state index < -0.39 is 0 Å². The first kappa shape index (κ1) is 18.3. The lowest BCUT2D eigenvalue weighted by Crippen LogP contribution is -2.06. The Morgan fingerprint density at radius 2 is 1.81 bits per heavy atom. The van der Waals surface area contributed by atoms with Crippen LogP contribution in [0.15, 0.2) is 47.8 Å². The number of anilines is 3. The van der Waals surface area contributed by atoms with Gasteiger partial charge in [-0.25, -0.2) is 4.98 Å². The standard InChI is InChI=1S/C20H16N4O2S/c1-12-3-6-16(19(26)15-7-4-14(10-21)5-8-15)9-17(12)23-20-24-18(11-27-20)22-13(2)25/h3-9,11H,1-2H3,(H,22,25)(H,23,24). The highest BCUT2D eigenvalue weighted by atomic mass is 32.1. The van der Waals surface area contributed by atoms with Gasteiger partial charge in [-0.2, -0.15) is 5.26 Å². The van der Waals surface area contributed by atoms with Crippen molar-refractivity contribution in [3.05, 3.63) is 70.1 Å². The van der Waals surface area contributed by atoms with Crippen molar-refractivity contribution < 1.29 is 9.59 Å². The smallest absolute Gasteiger partial charge is 0.222 e. The summed E-state index contributed by atoms with van der Waals surface area (Å²) in [7, 11) is 0. The van der Waals surface area contributed by atoms with E-state index in [1.807, 2.05) is 19.1 Å². The van der Waals surface area contributed by atoms with Gasteiger partial charge in [0.1, 0.15) is 5.82 Å². The second kappa shape index (κ2) is 7.81. The summed E-state index contributed by atoms with van der Waals surface area (Å²) in [6.07, 6.45) is 0. The van der Waals surface area contributed by atoms with Gasteiger partial charge >= 0.3 is 0 Å². The van der Waals surface area contributed by atoms with E-state index in [4.69, 9.17) is 5.26 Å². The number of nitriles is 1. The quantitative estimate of drug-likeness (QED) is 0.649. The first-order valence-corrected chi connectivity index (χ1v) is 9.00. The number of rotatable bonds is 5. The van der Waals surface area contributed by atoms with Crippen molar-refractivity contribution in [2.45, 2.75) is 13.8 Å². The van der Waals surface area contributed by atoms with Gasteiger partial charge in [-0.15, -0.1) is 11.3 Å². The number of thiazole rings is 1. The van der Waals surface area contributed by atoms with Gasteiger partial charge in [-0.1, -0.05) is 12.1 Å². The summed E-state index contributed by atoms with van der Waals surface area (Å²) in [6.45, 7) is 3.36. The van der Waals surface area contributed by atoms with Crippen molar-refractivity contribution in [2.24, 2.45) is 0 Å². The summed E-state index contributed by atoms with van der Waals surface area (Å²) in [6, 6.07) is 14.0. The third-order valence-corrected chi connectivity index (χ3v) is 4.58. The van der Waals surface area contributed by atoms with Gasteiger partial charge in [0.05, 0.1) is 11.6 Å². The zero-order valence-electron chi connectivity index (χ0n) is 14.7. The van der Waals surface area contributed by atoms with Crippen LogP contribution in [0.4, 0.5) is 16.6 Å². The third-order valence-electron chi connectivity index (χ3n) is 3.83. The summed E-state index contributed by atoms with van der Waals surface area (Å²) < 4.78 is 0. The van der Waals surface area contributed by atoms with Crippen LogP contribution in [0, 0.1) is 18.3 Å². The summed E-state index contributed by atoms with van der Waals surface area (Å²) in [5, 5.41) is 17.0. The van der Waals surface area contributed by atoms with Crippen molar-refractivity contribution in [1.29, 1.82) is 5.26 Å². The predicted octanol–water partition coefficient (Wildman–Crippen LogP) is 4.26. The fourth-order valence-electron chi connectivity index (χ4n) is 2.44. The number of amides is 1. The lowest BCUT2D eigenvalue weighted by molar-refractivity contribution is -0.114. The van der Waals surface area contributed by atoms with Crippen molar-refractivity contribution in [1.82, 2.24) is 4.98 Å². The number of ketones is 1. The van der Waals surface area contributed by atoms with E-state index >= 15 is 0 Å². The van der Waals surface area contributed by atoms with Gasteiger partial charge in [0, 0.05) is 29.1 Å². The maximum absolute atomic E-state index is 12.7. The summed E-state index contributed by atoms with van der Waals surface area (Å²) >= 11 is 1.36. The molecule has 27 heavy (non-hydrogen) atoms. The highest BCUT2D eigenvalue weighted by Gasteiger charge is 2.12. The Kier molecular flexibility index (Phi) is 5.29. The minimum atomic E-state index is -0.182. The molecule has 0 saturated heterocycles. The molecule has 7 heteroatoms. The number of hydrogen-bond donors (Lipinski definition) is 2. The van der Waals surface area contributed by atoms with Crippen LogP contribution < -0.4 is 10.6 Å². The lowest BCUT2D eigenvalue weighted by Gasteiger charge is -2.09. The molecular formula is C20H16N4O2S. The van der Waals surface area contributed by atoms with Crippen molar-refractivity contribution in [3.8, 4) is 6.07 Å². The normalized spacial score (nSPS) is 10.1. The topological polar surface area (TPSA) is 94.9 Å². The first-order chi connectivity index (χ1) is 13.0. The molecule has 6 nitrogen and oxygen atoms in total. The summed E-state index contributed by atoms with van der Waals surface area (Å²) in [5.74, 6) is 0.177. The molecule has 3 rings (SSSR count). The molecule has 3 aromatic rings. The fourth-order valence-corrected chi connectivity index (χ4v) is 3.10. The van der Waals surface area contributed by atoms with E-state index in [1.54, 1.807) is 41.8 Å². The molecule has 0 aliphatic rings. The first-order valence-electron chi connectivity index (χ1n) is 8.12. The monoisotopic (exact) mass is 376 g/mol. The Morgan fingerprint density at radius 3 is 2.48 bits per heavy atom. The van der Waals surface area contributed by atoms with Crippen LogP contribution in [0.1, 0.15) is 34.0 Å². The molecule has 0 aliphatic heterocycles. The molecule has 1 amide bonds. The van der Waals surface area contributed by atoms with Gasteiger partial charge in [-0.05, 0) is 42.8 Å². The molecule has 0 atom stereocenters. The molecule has 134 valence electrons. The van der Waals surface area contributed by atoms with E-state index in [1.165, 1.54) is 18.3 Å². The number of hydrogen-bond acceptors (Lipinski definition) is 6. The molecule has 0 unspecified atom stereocenters. The van der Waals surface area contributed by atoms with E-state index in [9.17, 15) is 9.59 Å². The number of carbonyl (C=O) groups excluding carboxylic acids is 2. The molecule has 0 aliphatic carbocycles. The Morgan fingerprint density at radius 1 is 1.11 bits per heavy atom. The molecule has 0 spiro atoms. The maximum atomic E-state index is 12.7. The number of benzene rings is 2. The Hall–Kier alpha value is -3.50. The molecule has 0 bridgehead atoms. The minimum Gasteiger partial charge on any atom is -0.331 e. The van der Waals surface area contributed by atoms with E-state index in [0.717, 1.165) is 11.3 Å². The van der Waals surface area contributed by atoms with Gasteiger partial charge in [0.15, 0.2) is 10.9 Å². The predicted molar refractivity (Wildman–Crippen MR) is 105 cm³/mol. The number of carbonyl (C=O) groups is 2. The van der Waals surface area contributed by atoms with Crippen molar-refractivity contribution >= 4 is 39.7 Å². The molecule has 2 aromatic carbocycles. The average molecular weight is 376 g/mol. The van der Waals surface area contributed by atoms with Crippen LogP contribution in [0.2, 0.25) is 0 Å². The second-order valence-corrected chi connectivity index (χ2v) is 6.75. The van der Waals surface area contributed by atoms with Crippen LogP contribution in [-0.4, -0.2) is 16.7 Å². The van der Waals surface area contributed by atoms with E-state index in [-0.39, 0.29) is 11.7 Å². The number of aromatic nitrogens is 1. The number of aryl methyl sites for hydroxylation is 1. The van der Waals surface area contributed by atoms with Crippen LogP contribution in [0.5, 0.6) is 0 Å². The Balaban J connectivity index is 1.83. The van der Waals surface area contributed by atoms with Gasteiger partial charge in [-0.3, -0.25) is 9.59 Å². The number of nitrogens with zero attached hydrogens (tertiary/aromatic N) is 2. The zero-order valence-corrected chi connectivity index (χ0v) is 15.6. The molecule has 0 fully saturated rings. The Labute approximate surface area is 160 Å². The largest absolute Gasteiger partial charge is 0.331 e. The van der Waals surface area contributed by atoms with Crippen LogP contribution in [0.25, 0.3) is 0 Å². The highest BCUT2D eigenvalue weighted by molar-refractivity contribution is 7.14. The lowest BCUT2D eigenvalue weighted by atomic mass is 10.0. The van der Waals surface area contributed by atoms with Crippen LogP contribution >= 0.6 is 11.3 Å². The molecule has 1 aromatic heterocycles. The van der Waals surface area contributed by atoms with Crippen LogP contribution in [0.3, 0.4) is 0 Å². The van der Waals surface area contributed by atoms with Gasteiger partial charge < -0.3 is 10.6 Å². The summed E-state index contributed by atoms with van der Waals surface area (Å²) in [5.41, 5.74) is 3.29. The second-order valence-electron chi connectivity index (χ2n) is 5.89. The van der Waals surface area contributed by atoms with Crippen molar-refractivity contribution in [3.63, 3.8) is 0 Å². The SMILES string of the molecule is CC(=O)Nc1csc(Nc2cc(C(=O)c3ccc(C#N)cc3)ccc2C)n1.